The Kier molecular flexibility index (Phi) is 5.86. The highest BCUT2D eigenvalue weighted by Crippen LogP contribution is 2.21. The Morgan fingerprint density at radius 1 is 1.27 bits per heavy atom. The first-order valence-corrected chi connectivity index (χ1v) is 6.35. The highest BCUT2D eigenvalue weighted by molar-refractivity contribution is 5.81. The lowest BCUT2D eigenvalue weighted by Crippen LogP contribution is -2.43. The van der Waals surface area contributed by atoms with Gasteiger partial charge < -0.3 is 9.80 Å². The number of nitrogens with zero attached hydrogens (tertiary/aromatic N) is 3. The van der Waals surface area contributed by atoms with E-state index in [0.29, 0.717) is 4.90 Å². The van der Waals surface area contributed by atoms with E-state index in [2.05, 4.69) is 0 Å². The number of amides is 1. The number of nitro benzene ring substituents is 1. The number of hydrogen-bond donors (Lipinski definition) is 0. The zero-order valence-corrected chi connectivity index (χ0v) is 12.1. The molecule has 0 spiro atoms. The minimum Gasteiger partial charge on any atom is -0.329 e. The lowest BCUT2D eigenvalue weighted by molar-refractivity contribution is -0.384. The fourth-order valence-corrected chi connectivity index (χ4v) is 1.74. The molecule has 0 aromatic heterocycles. The second-order valence-corrected chi connectivity index (χ2v) is 4.95. The van der Waals surface area contributed by atoms with Gasteiger partial charge in [-0.05, 0) is 19.7 Å². The molecular formula is C13H16F3N3O3. The van der Waals surface area contributed by atoms with Crippen LogP contribution in [0.15, 0.2) is 24.3 Å². The Hall–Kier alpha value is -2.16. The normalized spacial score (nSPS) is 11.5. The van der Waals surface area contributed by atoms with Crippen LogP contribution < -0.4 is 0 Å². The fraction of sp³-hybridized carbons (Fsp3) is 0.462. The second-order valence-electron chi connectivity index (χ2n) is 4.95. The predicted molar refractivity (Wildman–Crippen MR) is 73.1 cm³/mol. The molecule has 0 fully saturated rings. The Labute approximate surface area is 125 Å². The molecule has 0 atom stereocenters. The highest BCUT2D eigenvalue weighted by Gasteiger charge is 2.42. The summed E-state index contributed by atoms with van der Waals surface area (Å²) in [5.74, 6) is -1.96. The molecule has 0 radical (unpaired) electrons. The van der Waals surface area contributed by atoms with Crippen molar-refractivity contribution >= 4 is 11.6 Å². The summed E-state index contributed by atoms with van der Waals surface area (Å²) in [5, 5.41) is 10.7. The van der Waals surface area contributed by atoms with Crippen LogP contribution in [-0.2, 0) is 11.3 Å². The van der Waals surface area contributed by atoms with Crippen molar-refractivity contribution in [3.8, 4) is 0 Å². The van der Waals surface area contributed by atoms with Crippen molar-refractivity contribution in [3.63, 3.8) is 0 Å². The van der Waals surface area contributed by atoms with E-state index in [1.807, 2.05) is 0 Å². The molecule has 0 bridgehead atoms. The number of rotatable bonds is 6. The molecule has 1 aromatic rings. The van der Waals surface area contributed by atoms with Gasteiger partial charge in [-0.3, -0.25) is 14.9 Å². The monoisotopic (exact) mass is 319 g/mol. The van der Waals surface area contributed by atoms with Crippen molar-refractivity contribution in [2.24, 2.45) is 0 Å². The third kappa shape index (κ3) is 5.32. The first-order valence-electron chi connectivity index (χ1n) is 6.35. The summed E-state index contributed by atoms with van der Waals surface area (Å²) in [7, 11) is 3.34. The molecule has 0 unspecified atom stereocenters. The van der Waals surface area contributed by atoms with Crippen LogP contribution in [0.4, 0.5) is 18.9 Å². The molecule has 0 aliphatic carbocycles. The molecule has 0 aliphatic rings. The summed E-state index contributed by atoms with van der Waals surface area (Å²) in [6.07, 6.45) is -4.98. The van der Waals surface area contributed by atoms with Gasteiger partial charge in [0, 0.05) is 31.8 Å². The van der Waals surface area contributed by atoms with Gasteiger partial charge in [0.05, 0.1) is 4.92 Å². The highest BCUT2D eigenvalue weighted by atomic mass is 19.4. The first kappa shape index (κ1) is 17.9. The Morgan fingerprint density at radius 3 is 2.41 bits per heavy atom. The number of alkyl halides is 3. The standard InChI is InChI=1S/C13H16F3N3O3/c1-17(2)6-7-18(12(20)13(14,15)16)9-10-4-3-5-11(8-10)19(21)22/h3-5,8H,6-7,9H2,1-2H3. The van der Waals surface area contributed by atoms with Crippen molar-refractivity contribution < 1.29 is 22.9 Å². The number of carbonyl (C=O) groups excluding carboxylic acids is 1. The molecular weight excluding hydrogens is 303 g/mol. The number of likely N-dealkylation sites (N-methyl/N-ethyl adjacent to an activating group) is 1. The number of non-ortho nitro benzene ring substituents is 1. The van der Waals surface area contributed by atoms with E-state index in [4.69, 9.17) is 0 Å². The molecule has 6 nitrogen and oxygen atoms in total. The Bertz CT molecular complexity index is 547. The molecule has 9 heteroatoms. The van der Waals surface area contributed by atoms with Crippen molar-refractivity contribution in [3.05, 3.63) is 39.9 Å². The summed E-state index contributed by atoms with van der Waals surface area (Å²) in [5.41, 5.74) is 0.0371. The summed E-state index contributed by atoms with van der Waals surface area (Å²) >= 11 is 0. The van der Waals surface area contributed by atoms with Gasteiger partial charge in [-0.15, -0.1) is 0 Å². The molecule has 0 N–H and O–H groups in total. The quantitative estimate of drug-likeness (QED) is 0.594. The van der Waals surface area contributed by atoms with Crippen LogP contribution in [0.1, 0.15) is 5.56 Å². The SMILES string of the molecule is CN(C)CCN(Cc1cccc([N+](=O)[O-])c1)C(=O)C(F)(F)F. The van der Waals surface area contributed by atoms with Gasteiger partial charge in [-0.25, -0.2) is 0 Å². The van der Waals surface area contributed by atoms with Gasteiger partial charge in [0.1, 0.15) is 0 Å². The van der Waals surface area contributed by atoms with Gasteiger partial charge in [0.15, 0.2) is 0 Å². The number of carbonyl (C=O) groups is 1. The van der Waals surface area contributed by atoms with Crippen molar-refractivity contribution in [2.75, 3.05) is 27.2 Å². The average Bonchev–Trinajstić information content (AvgIpc) is 2.41. The smallest absolute Gasteiger partial charge is 0.329 e. The van der Waals surface area contributed by atoms with E-state index in [0.717, 1.165) is 6.07 Å². The molecule has 22 heavy (non-hydrogen) atoms. The van der Waals surface area contributed by atoms with Crippen LogP contribution in [0.2, 0.25) is 0 Å². The zero-order chi connectivity index (χ0) is 16.9. The molecule has 0 heterocycles. The fourth-order valence-electron chi connectivity index (χ4n) is 1.74. The third-order valence-electron chi connectivity index (χ3n) is 2.84. The molecule has 0 saturated heterocycles. The zero-order valence-electron chi connectivity index (χ0n) is 12.1. The van der Waals surface area contributed by atoms with E-state index in [-0.39, 0.29) is 30.9 Å². The van der Waals surface area contributed by atoms with Crippen LogP contribution in [0, 0.1) is 10.1 Å². The lowest BCUT2D eigenvalue weighted by atomic mass is 10.2. The number of halogens is 3. The average molecular weight is 319 g/mol. The number of nitro groups is 1. The third-order valence-corrected chi connectivity index (χ3v) is 2.84. The maximum Gasteiger partial charge on any atom is 0.471 e. The van der Waals surface area contributed by atoms with E-state index in [1.54, 1.807) is 19.0 Å². The first-order chi connectivity index (χ1) is 10.1. The van der Waals surface area contributed by atoms with Crippen LogP contribution in [0.5, 0.6) is 0 Å². The largest absolute Gasteiger partial charge is 0.471 e. The van der Waals surface area contributed by atoms with Gasteiger partial charge in [-0.1, -0.05) is 12.1 Å². The van der Waals surface area contributed by atoms with Crippen LogP contribution in [0.25, 0.3) is 0 Å². The van der Waals surface area contributed by atoms with Crippen molar-refractivity contribution in [2.45, 2.75) is 12.7 Å². The van der Waals surface area contributed by atoms with Gasteiger partial charge in [0.25, 0.3) is 5.69 Å². The summed E-state index contributed by atoms with van der Waals surface area (Å²) in [6, 6.07) is 5.21. The Morgan fingerprint density at radius 2 is 1.91 bits per heavy atom. The van der Waals surface area contributed by atoms with Crippen LogP contribution >= 0.6 is 0 Å². The number of hydrogen-bond acceptors (Lipinski definition) is 4. The Balaban J connectivity index is 2.94. The van der Waals surface area contributed by atoms with Crippen molar-refractivity contribution in [1.29, 1.82) is 0 Å². The second kappa shape index (κ2) is 7.21. The van der Waals surface area contributed by atoms with Gasteiger partial charge >= 0.3 is 12.1 Å². The summed E-state index contributed by atoms with van der Waals surface area (Å²) in [4.78, 5) is 23.8. The van der Waals surface area contributed by atoms with E-state index in [1.165, 1.54) is 18.2 Å². The molecule has 0 saturated carbocycles. The lowest BCUT2D eigenvalue weighted by Gasteiger charge is -2.25. The molecule has 1 amide bonds. The van der Waals surface area contributed by atoms with Crippen molar-refractivity contribution in [1.82, 2.24) is 9.80 Å². The summed E-state index contributed by atoms with van der Waals surface area (Å²) in [6.45, 7) is -0.224. The minimum absolute atomic E-state index is 0.131. The molecule has 1 rings (SSSR count). The maximum atomic E-state index is 12.6. The molecule has 122 valence electrons. The molecule has 0 aliphatic heterocycles. The topological polar surface area (TPSA) is 66.7 Å². The van der Waals surface area contributed by atoms with Crippen LogP contribution in [0.3, 0.4) is 0 Å². The van der Waals surface area contributed by atoms with Gasteiger partial charge in [0.2, 0.25) is 0 Å². The van der Waals surface area contributed by atoms with E-state index < -0.39 is 17.0 Å². The minimum atomic E-state index is -4.98. The summed E-state index contributed by atoms with van der Waals surface area (Å²) < 4.78 is 37.9. The van der Waals surface area contributed by atoms with E-state index in [9.17, 15) is 28.1 Å². The number of benzene rings is 1. The maximum absolute atomic E-state index is 12.6. The van der Waals surface area contributed by atoms with Crippen LogP contribution in [-0.4, -0.2) is 54.0 Å². The van der Waals surface area contributed by atoms with E-state index >= 15 is 0 Å². The molecule has 1 aromatic carbocycles. The van der Waals surface area contributed by atoms with Gasteiger partial charge in [-0.2, -0.15) is 13.2 Å². The predicted octanol–water partition coefficient (Wildman–Crippen LogP) is 2.05.